The second-order valence-corrected chi connectivity index (χ2v) is 2.67. The van der Waals surface area contributed by atoms with Crippen molar-refractivity contribution in [3.63, 3.8) is 0 Å². The summed E-state index contributed by atoms with van der Waals surface area (Å²) in [6.45, 7) is 0. The number of nitrogens with zero attached hydrogens (tertiary/aromatic N) is 3. The van der Waals surface area contributed by atoms with Gasteiger partial charge in [-0.3, -0.25) is 0 Å². The van der Waals surface area contributed by atoms with E-state index in [0.717, 1.165) is 19.3 Å². The predicted octanol–water partition coefficient (Wildman–Crippen LogP) is -0.192. The number of hydrogen-bond donors (Lipinski definition) is 2. The van der Waals surface area contributed by atoms with Crippen LogP contribution in [0.3, 0.4) is 0 Å². The molecule has 0 aliphatic rings. The first-order valence-corrected chi connectivity index (χ1v) is 3.70. The van der Waals surface area contributed by atoms with Crippen molar-refractivity contribution in [2.24, 2.45) is 5.73 Å². The fourth-order valence-electron chi connectivity index (χ4n) is 0.709. The maximum absolute atomic E-state index is 5.30. The number of thiocarbonyl (C=S) groups is 1. The monoisotopic (exact) mass is 171 g/mol. The standard InChI is InChI=1S/C5H9N5S/c6-4(11)2-1-3-5-7-9-10-8-5/h1-3H2,(H2,6,11)(H,7,8,9,10). The van der Waals surface area contributed by atoms with Crippen LogP contribution in [0.15, 0.2) is 0 Å². The summed E-state index contributed by atoms with van der Waals surface area (Å²) in [5.74, 6) is 0.709. The molecule has 0 unspecified atom stereocenters. The van der Waals surface area contributed by atoms with Gasteiger partial charge in [0.25, 0.3) is 0 Å². The van der Waals surface area contributed by atoms with E-state index in [9.17, 15) is 0 Å². The maximum atomic E-state index is 5.30. The van der Waals surface area contributed by atoms with Gasteiger partial charge in [0, 0.05) is 6.42 Å². The van der Waals surface area contributed by atoms with Crippen molar-refractivity contribution in [2.45, 2.75) is 19.3 Å². The van der Waals surface area contributed by atoms with Crippen molar-refractivity contribution in [3.8, 4) is 0 Å². The lowest BCUT2D eigenvalue weighted by Gasteiger charge is -1.93. The number of aryl methyl sites for hydroxylation is 1. The molecule has 1 rings (SSSR count). The molecule has 0 aliphatic carbocycles. The molecule has 0 spiro atoms. The highest BCUT2D eigenvalue weighted by molar-refractivity contribution is 7.80. The lowest BCUT2D eigenvalue weighted by molar-refractivity contribution is 0.805. The number of aromatic amines is 1. The summed E-state index contributed by atoms with van der Waals surface area (Å²) < 4.78 is 0. The summed E-state index contributed by atoms with van der Waals surface area (Å²) in [6.07, 6.45) is 2.40. The van der Waals surface area contributed by atoms with Crippen LogP contribution < -0.4 is 5.73 Å². The van der Waals surface area contributed by atoms with Crippen LogP contribution in [0.1, 0.15) is 18.7 Å². The minimum absolute atomic E-state index is 0.536. The zero-order valence-corrected chi connectivity index (χ0v) is 6.77. The quantitative estimate of drug-likeness (QED) is 0.614. The fourth-order valence-corrected chi connectivity index (χ4v) is 0.853. The summed E-state index contributed by atoms with van der Waals surface area (Å²) in [4.78, 5) is 0.536. The summed E-state index contributed by atoms with van der Waals surface area (Å²) in [7, 11) is 0. The molecule has 0 atom stereocenters. The van der Waals surface area contributed by atoms with Gasteiger partial charge >= 0.3 is 0 Å². The first-order valence-electron chi connectivity index (χ1n) is 3.29. The molecule has 0 radical (unpaired) electrons. The number of rotatable bonds is 4. The first-order chi connectivity index (χ1) is 5.29. The van der Waals surface area contributed by atoms with E-state index < -0.39 is 0 Å². The SMILES string of the molecule is NC(=S)CCCc1nn[nH]n1. The Bertz CT molecular complexity index is 219. The smallest absolute Gasteiger partial charge is 0.174 e. The van der Waals surface area contributed by atoms with Gasteiger partial charge in [-0.1, -0.05) is 17.4 Å². The molecule has 0 bridgehead atoms. The van der Waals surface area contributed by atoms with Gasteiger partial charge in [-0.05, 0) is 12.8 Å². The average molecular weight is 171 g/mol. The minimum atomic E-state index is 0.536. The Morgan fingerprint density at radius 1 is 1.64 bits per heavy atom. The first kappa shape index (κ1) is 8.06. The molecule has 0 aliphatic heterocycles. The molecule has 3 N–H and O–H groups in total. The maximum Gasteiger partial charge on any atom is 0.174 e. The van der Waals surface area contributed by atoms with Crippen molar-refractivity contribution in [1.29, 1.82) is 0 Å². The van der Waals surface area contributed by atoms with Gasteiger partial charge in [0.15, 0.2) is 5.82 Å². The molecule has 1 aromatic rings. The van der Waals surface area contributed by atoms with Crippen LogP contribution in [0.2, 0.25) is 0 Å². The van der Waals surface area contributed by atoms with Gasteiger partial charge in [-0.25, -0.2) is 0 Å². The summed E-state index contributed by atoms with van der Waals surface area (Å²) >= 11 is 4.70. The van der Waals surface area contributed by atoms with Crippen LogP contribution in [0, 0.1) is 0 Å². The van der Waals surface area contributed by atoms with Gasteiger partial charge in [-0.2, -0.15) is 5.21 Å². The van der Waals surface area contributed by atoms with Gasteiger partial charge < -0.3 is 5.73 Å². The summed E-state index contributed by atoms with van der Waals surface area (Å²) in [6, 6.07) is 0. The van der Waals surface area contributed by atoms with Gasteiger partial charge in [-0.15, -0.1) is 10.2 Å². The van der Waals surface area contributed by atoms with Crippen LogP contribution in [0.4, 0.5) is 0 Å². The topological polar surface area (TPSA) is 80.5 Å². The molecular formula is C5H9N5S. The molecule has 1 heterocycles. The van der Waals surface area contributed by atoms with Crippen LogP contribution in [0.5, 0.6) is 0 Å². The number of hydrogen-bond acceptors (Lipinski definition) is 4. The zero-order valence-electron chi connectivity index (χ0n) is 5.95. The van der Waals surface area contributed by atoms with E-state index in [2.05, 4.69) is 20.6 Å². The Hall–Kier alpha value is -1.04. The molecule has 0 fully saturated rings. The van der Waals surface area contributed by atoms with E-state index in [4.69, 9.17) is 18.0 Å². The molecule has 0 aromatic carbocycles. The third-order valence-corrected chi connectivity index (χ3v) is 1.42. The summed E-state index contributed by atoms with van der Waals surface area (Å²) in [5.41, 5.74) is 5.30. The minimum Gasteiger partial charge on any atom is -0.393 e. The second-order valence-electron chi connectivity index (χ2n) is 2.15. The van der Waals surface area contributed by atoms with Crippen molar-refractivity contribution < 1.29 is 0 Å². The molecule has 0 saturated carbocycles. The van der Waals surface area contributed by atoms with Crippen LogP contribution in [0.25, 0.3) is 0 Å². The van der Waals surface area contributed by atoms with Crippen LogP contribution in [-0.2, 0) is 6.42 Å². The molecule has 1 aromatic heterocycles. The van der Waals surface area contributed by atoms with Crippen molar-refractivity contribution in [2.75, 3.05) is 0 Å². The second kappa shape index (κ2) is 3.97. The van der Waals surface area contributed by atoms with Gasteiger partial charge in [0.1, 0.15) is 0 Å². The Balaban J connectivity index is 2.19. The van der Waals surface area contributed by atoms with Gasteiger partial charge in [0.2, 0.25) is 0 Å². The van der Waals surface area contributed by atoms with E-state index >= 15 is 0 Å². The molecule has 0 amide bonds. The van der Waals surface area contributed by atoms with E-state index in [1.807, 2.05) is 0 Å². The lowest BCUT2D eigenvalue weighted by atomic mass is 10.2. The fraction of sp³-hybridized carbons (Fsp3) is 0.600. The van der Waals surface area contributed by atoms with Crippen molar-refractivity contribution >= 4 is 17.2 Å². The largest absolute Gasteiger partial charge is 0.393 e. The van der Waals surface area contributed by atoms with Crippen molar-refractivity contribution in [3.05, 3.63) is 5.82 Å². The Labute approximate surface area is 69.4 Å². The molecule has 6 heteroatoms. The Kier molecular flexibility index (Phi) is 2.91. The molecule has 0 saturated heterocycles. The predicted molar refractivity (Wildman–Crippen MR) is 43.9 cm³/mol. The molecule has 60 valence electrons. The van der Waals surface area contributed by atoms with Gasteiger partial charge in [0.05, 0.1) is 4.99 Å². The normalized spacial score (nSPS) is 9.82. The van der Waals surface area contributed by atoms with E-state index in [1.54, 1.807) is 0 Å². The zero-order chi connectivity index (χ0) is 8.10. The molecule has 5 nitrogen and oxygen atoms in total. The lowest BCUT2D eigenvalue weighted by Crippen LogP contribution is -2.07. The number of aromatic nitrogens is 4. The van der Waals surface area contributed by atoms with E-state index in [0.29, 0.717) is 10.8 Å². The average Bonchev–Trinajstić information content (AvgIpc) is 2.39. The number of tetrazole rings is 1. The van der Waals surface area contributed by atoms with Crippen molar-refractivity contribution in [1.82, 2.24) is 20.6 Å². The number of nitrogens with one attached hydrogen (secondary N) is 1. The highest BCUT2D eigenvalue weighted by atomic mass is 32.1. The molecular weight excluding hydrogens is 162 g/mol. The third-order valence-electron chi connectivity index (χ3n) is 1.21. The molecule has 11 heavy (non-hydrogen) atoms. The highest BCUT2D eigenvalue weighted by Crippen LogP contribution is 1.96. The highest BCUT2D eigenvalue weighted by Gasteiger charge is 1.97. The third kappa shape index (κ3) is 3.03. The summed E-state index contributed by atoms with van der Waals surface area (Å²) in [5, 5.41) is 13.4. The van der Waals surface area contributed by atoms with E-state index in [1.165, 1.54) is 0 Å². The number of nitrogens with two attached hydrogens (primary N) is 1. The van der Waals surface area contributed by atoms with E-state index in [-0.39, 0.29) is 0 Å². The van der Waals surface area contributed by atoms with Crippen LogP contribution in [-0.4, -0.2) is 25.6 Å². The number of H-pyrrole nitrogens is 1. The Morgan fingerprint density at radius 3 is 3.00 bits per heavy atom. The Morgan fingerprint density at radius 2 is 2.45 bits per heavy atom. The van der Waals surface area contributed by atoms with Crippen LogP contribution >= 0.6 is 12.2 Å².